The number of unbranched alkanes of at least 4 members (excludes halogenated alkanes) is 5. The molecule has 0 N–H and O–H groups in total. The van der Waals surface area contributed by atoms with Gasteiger partial charge in [0, 0.05) is 6.61 Å². The Morgan fingerprint density at radius 3 is 1.19 bits per heavy atom. The average molecular weight is 515 g/mol. The SMILES string of the molecule is CCCCCCCCOCCOCCOCCOCCOCCOCCOCCOc1ccccc1. The molecule has 0 spiro atoms. The Morgan fingerprint density at radius 2 is 0.750 bits per heavy atom. The van der Waals surface area contributed by atoms with Gasteiger partial charge < -0.3 is 37.9 Å². The number of para-hydroxylation sites is 1. The van der Waals surface area contributed by atoms with Crippen molar-refractivity contribution in [1.29, 1.82) is 0 Å². The molecular weight excluding hydrogens is 464 g/mol. The van der Waals surface area contributed by atoms with Crippen molar-refractivity contribution < 1.29 is 37.9 Å². The van der Waals surface area contributed by atoms with Gasteiger partial charge in [0.05, 0.1) is 85.9 Å². The Balaban J connectivity index is 1.63. The van der Waals surface area contributed by atoms with Crippen LogP contribution in [0.25, 0.3) is 0 Å². The van der Waals surface area contributed by atoms with Crippen molar-refractivity contribution >= 4 is 0 Å². The summed E-state index contributed by atoms with van der Waals surface area (Å²) in [5.74, 6) is 0.853. The van der Waals surface area contributed by atoms with Crippen molar-refractivity contribution in [1.82, 2.24) is 0 Å². The first-order chi connectivity index (χ1) is 17.9. The molecule has 0 amide bonds. The molecule has 36 heavy (non-hydrogen) atoms. The van der Waals surface area contributed by atoms with Crippen LogP contribution in [0.5, 0.6) is 5.75 Å². The van der Waals surface area contributed by atoms with E-state index in [0.29, 0.717) is 92.5 Å². The summed E-state index contributed by atoms with van der Waals surface area (Å²) in [4.78, 5) is 0. The summed E-state index contributed by atoms with van der Waals surface area (Å²) >= 11 is 0. The summed E-state index contributed by atoms with van der Waals surface area (Å²) in [6.45, 7) is 10.9. The minimum absolute atomic E-state index is 0.529. The second-order valence-electron chi connectivity index (χ2n) is 8.22. The van der Waals surface area contributed by atoms with E-state index in [1.807, 2.05) is 30.3 Å². The van der Waals surface area contributed by atoms with Crippen LogP contribution in [0.4, 0.5) is 0 Å². The molecule has 8 nitrogen and oxygen atoms in total. The number of ether oxygens (including phenoxy) is 8. The van der Waals surface area contributed by atoms with Gasteiger partial charge in [-0.3, -0.25) is 0 Å². The molecule has 8 heteroatoms. The Kier molecular flexibility index (Phi) is 25.8. The Morgan fingerprint density at radius 1 is 0.389 bits per heavy atom. The lowest BCUT2D eigenvalue weighted by Gasteiger charge is -2.09. The monoisotopic (exact) mass is 514 g/mol. The minimum atomic E-state index is 0.529. The zero-order valence-electron chi connectivity index (χ0n) is 22.5. The van der Waals surface area contributed by atoms with Gasteiger partial charge in [0.1, 0.15) is 12.4 Å². The molecule has 0 bridgehead atoms. The molecule has 0 atom stereocenters. The fourth-order valence-electron chi connectivity index (χ4n) is 3.14. The van der Waals surface area contributed by atoms with Gasteiger partial charge in [0.2, 0.25) is 0 Å². The van der Waals surface area contributed by atoms with E-state index < -0.39 is 0 Å². The van der Waals surface area contributed by atoms with Crippen LogP contribution < -0.4 is 4.74 Å². The number of benzene rings is 1. The number of rotatable bonds is 29. The number of hydrogen-bond acceptors (Lipinski definition) is 8. The third-order valence-electron chi connectivity index (χ3n) is 5.11. The van der Waals surface area contributed by atoms with Gasteiger partial charge in [0.15, 0.2) is 0 Å². The maximum atomic E-state index is 5.57. The van der Waals surface area contributed by atoms with Crippen molar-refractivity contribution in [2.24, 2.45) is 0 Å². The summed E-state index contributed by atoms with van der Waals surface area (Å²) in [6.07, 6.45) is 7.72. The maximum absolute atomic E-state index is 5.57. The Labute approximate surface area is 218 Å². The summed E-state index contributed by atoms with van der Waals surface area (Å²) in [5.41, 5.74) is 0. The van der Waals surface area contributed by atoms with Crippen molar-refractivity contribution in [2.75, 3.05) is 99.1 Å². The molecule has 0 fully saturated rings. The molecule has 1 aromatic rings. The summed E-state index contributed by atoms with van der Waals surface area (Å²) in [5, 5.41) is 0. The highest BCUT2D eigenvalue weighted by Gasteiger charge is 1.96. The molecule has 0 radical (unpaired) electrons. The zero-order valence-corrected chi connectivity index (χ0v) is 22.5. The first kappa shape index (κ1) is 32.8. The van der Waals surface area contributed by atoms with E-state index in [1.165, 1.54) is 32.1 Å². The van der Waals surface area contributed by atoms with Crippen molar-refractivity contribution in [3.05, 3.63) is 30.3 Å². The van der Waals surface area contributed by atoms with Gasteiger partial charge >= 0.3 is 0 Å². The van der Waals surface area contributed by atoms with Crippen LogP contribution in [0.15, 0.2) is 30.3 Å². The van der Waals surface area contributed by atoms with E-state index in [4.69, 9.17) is 37.9 Å². The lowest BCUT2D eigenvalue weighted by molar-refractivity contribution is -0.0213. The third kappa shape index (κ3) is 24.4. The first-order valence-corrected chi connectivity index (χ1v) is 13.7. The lowest BCUT2D eigenvalue weighted by atomic mass is 10.1. The second-order valence-corrected chi connectivity index (χ2v) is 8.22. The predicted molar refractivity (Wildman–Crippen MR) is 141 cm³/mol. The molecule has 0 saturated carbocycles. The largest absolute Gasteiger partial charge is 0.491 e. The van der Waals surface area contributed by atoms with Gasteiger partial charge in [-0.15, -0.1) is 0 Å². The standard InChI is InChI=1S/C28H50O8/c1-2-3-4-5-6-10-13-29-14-15-30-16-17-31-18-19-32-20-21-33-22-23-34-24-25-35-26-27-36-28-11-8-7-9-12-28/h7-9,11-12H,2-6,10,13-27H2,1H3. The topological polar surface area (TPSA) is 73.8 Å². The molecule has 1 aromatic carbocycles. The Hall–Kier alpha value is -1.26. The van der Waals surface area contributed by atoms with Crippen molar-refractivity contribution in [3.8, 4) is 5.75 Å². The van der Waals surface area contributed by atoms with Gasteiger partial charge in [-0.1, -0.05) is 57.2 Å². The molecule has 0 aliphatic carbocycles. The van der Waals surface area contributed by atoms with E-state index in [0.717, 1.165) is 18.8 Å². The van der Waals surface area contributed by atoms with Gasteiger partial charge in [0.25, 0.3) is 0 Å². The summed E-state index contributed by atoms with van der Waals surface area (Å²) in [6, 6.07) is 9.70. The fraction of sp³-hybridized carbons (Fsp3) is 0.786. The fourth-order valence-corrected chi connectivity index (χ4v) is 3.14. The quantitative estimate of drug-likeness (QED) is 0.144. The van der Waals surface area contributed by atoms with Crippen LogP contribution in [0.2, 0.25) is 0 Å². The van der Waals surface area contributed by atoms with Crippen LogP contribution in [0.1, 0.15) is 45.4 Å². The molecule has 0 aromatic heterocycles. The Bertz CT molecular complexity index is 532. The summed E-state index contributed by atoms with van der Waals surface area (Å²) < 4.78 is 44.0. The van der Waals surface area contributed by atoms with Crippen molar-refractivity contribution in [2.45, 2.75) is 45.4 Å². The van der Waals surface area contributed by atoms with Gasteiger partial charge in [-0.05, 0) is 18.6 Å². The van der Waals surface area contributed by atoms with E-state index >= 15 is 0 Å². The number of hydrogen-bond donors (Lipinski definition) is 0. The average Bonchev–Trinajstić information content (AvgIpc) is 2.91. The van der Waals surface area contributed by atoms with Crippen molar-refractivity contribution in [3.63, 3.8) is 0 Å². The van der Waals surface area contributed by atoms with Gasteiger partial charge in [-0.2, -0.15) is 0 Å². The molecule has 0 unspecified atom stereocenters. The zero-order chi connectivity index (χ0) is 25.6. The molecule has 0 saturated heterocycles. The van der Waals surface area contributed by atoms with Crippen LogP contribution in [0.3, 0.4) is 0 Å². The maximum Gasteiger partial charge on any atom is 0.119 e. The molecule has 210 valence electrons. The molecule has 0 aliphatic rings. The molecule has 0 heterocycles. The normalized spacial score (nSPS) is 11.2. The van der Waals surface area contributed by atoms with Crippen LogP contribution in [-0.4, -0.2) is 99.1 Å². The van der Waals surface area contributed by atoms with Crippen LogP contribution >= 0.6 is 0 Å². The highest BCUT2D eigenvalue weighted by Crippen LogP contribution is 2.07. The predicted octanol–water partition coefficient (Wildman–Crippen LogP) is 4.54. The van der Waals surface area contributed by atoms with Gasteiger partial charge in [-0.25, -0.2) is 0 Å². The molecule has 0 aliphatic heterocycles. The first-order valence-electron chi connectivity index (χ1n) is 13.7. The highest BCUT2D eigenvalue weighted by molar-refractivity contribution is 5.20. The van der Waals surface area contributed by atoms with E-state index in [1.54, 1.807) is 0 Å². The molecular formula is C28H50O8. The van der Waals surface area contributed by atoms with E-state index in [9.17, 15) is 0 Å². The smallest absolute Gasteiger partial charge is 0.119 e. The highest BCUT2D eigenvalue weighted by atomic mass is 16.6. The minimum Gasteiger partial charge on any atom is -0.491 e. The van der Waals surface area contributed by atoms with Crippen LogP contribution in [-0.2, 0) is 33.2 Å². The lowest BCUT2D eigenvalue weighted by Crippen LogP contribution is -2.15. The second kappa shape index (κ2) is 28.3. The van der Waals surface area contributed by atoms with E-state index in [2.05, 4.69) is 6.92 Å². The summed E-state index contributed by atoms with van der Waals surface area (Å²) in [7, 11) is 0. The molecule has 1 rings (SSSR count). The van der Waals surface area contributed by atoms with Crippen LogP contribution in [0, 0.1) is 0 Å². The third-order valence-corrected chi connectivity index (χ3v) is 5.11. The van der Waals surface area contributed by atoms with E-state index in [-0.39, 0.29) is 0 Å².